The van der Waals surface area contributed by atoms with Gasteiger partial charge in [-0.25, -0.2) is 0 Å². The molecule has 0 saturated carbocycles. The average molecular weight is 173 g/mol. The quantitative estimate of drug-likeness (QED) is 0.516. The second-order valence-corrected chi connectivity index (χ2v) is 2.76. The van der Waals surface area contributed by atoms with Crippen molar-refractivity contribution >= 4 is 9.17 Å². The minimum absolute atomic E-state index is 0.113. The van der Waals surface area contributed by atoms with Gasteiger partial charge < -0.3 is 13.4 Å². The van der Waals surface area contributed by atoms with Crippen LogP contribution in [0.25, 0.3) is 0 Å². The zero-order valence-electron chi connectivity index (χ0n) is 5.65. The molecule has 5 nitrogen and oxygen atoms in total. The fourth-order valence-corrected chi connectivity index (χ4v) is 0.887. The van der Waals surface area contributed by atoms with Crippen LogP contribution in [0.1, 0.15) is 5.76 Å². The highest BCUT2D eigenvalue weighted by molar-refractivity contribution is 6.25. The average Bonchev–Trinajstić information content (AvgIpc) is 2.52. The van der Waals surface area contributed by atoms with Crippen molar-refractivity contribution in [2.24, 2.45) is 5.90 Å². The first-order valence-electron chi connectivity index (χ1n) is 2.89. The van der Waals surface area contributed by atoms with Crippen molar-refractivity contribution in [1.29, 1.82) is 0 Å². The Morgan fingerprint density at radius 3 is 3.09 bits per heavy atom. The van der Waals surface area contributed by atoms with Gasteiger partial charge in [-0.2, -0.15) is 5.90 Å². The van der Waals surface area contributed by atoms with Gasteiger partial charge >= 0.3 is 9.17 Å². The molecule has 0 fully saturated rings. The van der Waals surface area contributed by atoms with Crippen LogP contribution in [0.2, 0.25) is 0 Å². The van der Waals surface area contributed by atoms with E-state index >= 15 is 0 Å². The molecule has 0 aliphatic heterocycles. The third kappa shape index (κ3) is 2.52. The molecule has 11 heavy (non-hydrogen) atoms. The molecule has 2 N–H and O–H groups in total. The maximum atomic E-state index is 10.5. The first-order chi connectivity index (χ1) is 5.33. The molecule has 0 atom stereocenters. The lowest BCUT2D eigenvalue weighted by Gasteiger charge is -1.97. The number of hydrogen-bond donors (Lipinski definition) is 1. The van der Waals surface area contributed by atoms with E-state index in [0.29, 0.717) is 5.76 Å². The van der Waals surface area contributed by atoms with Gasteiger partial charge in [-0.3, -0.25) is 4.46 Å². The van der Waals surface area contributed by atoms with Crippen LogP contribution < -0.4 is 5.90 Å². The fraction of sp³-hybridized carbons (Fsp3) is 0.200. The van der Waals surface area contributed by atoms with Gasteiger partial charge in [0.2, 0.25) is 0 Å². The molecule has 0 aliphatic rings. The molecule has 1 heterocycles. The van der Waals surface area contributed by atoms with Crippen LogP contribution in [0.4, 0.5) is 0 Å². The summed E-state index contributed by atoms with van der Waals surface area (Å²) in [5.74, 6) is 5.17. The van der Waals surface area contributed by atoms with E-state index in [1.54, 1.807) is 12.1 Å². The first kappa shape index (κ1) is 7.96. The SMILES string of the molecule is NO[Si](=O)OCc1ccco1. The molecule has 1 aromatic rings. The Kier molecular flexibility index (Phi) is 2.81. The van der Waals surface area contributed by atoms with Gasteiger partial charge in [-0.05, 0) is 12.1 Å². The topological polar surface area (TPSA) is 74.7 Å². The van der Waals surface area contributed by atoms with Crippen LogP contribution in [-0.2, 0) is 20.0 Å². The molecule has 0 radical (unpaired) electrons. The molecule has 1 rings (SSSR count). The summed E-state index contributed by atoms with van der Waals surface area (Å²) in [5.41, 5.74) is 0. The Hall–Kier alpha value is -1.14. The number of nitrogens with two attached hydrogens (primary N) is 1. The van der Waals surface area contributed by atoms with Crippen molar-refractivity contribution in [2.75, 3.05) is 0 Å². The summed E-state index contributed by atoms with van der Waals surface area (Å²) in [7, 11) is -2.54. The van der Waals surface area contributed by atoms with Crippen LogP contribution >= 0.6 is 0 Å². The Labute approximate surface area is 64.6 Å². The van der Waals surface area contributed by atoms with Crippen LogP contribution in [0, 0.1) is 0 Å². The van der Waals surface area contributed by atoms with Crippen LogP contribution in [-0.4, -0.2) is 9.17 Å². The summed E-state index contributed by atoms with van der Waals surface area (Å²) in [6, 6.07) is 3.41. The third-order valence-electron chi connectivity index (χ3n) is 1.01. The lowest BCUT2D eigenvalue weighted by Crippen LogP contribution is -2.16. The highest BCUT2D eigenvalue weighted by atomic mass is 28.3. The molecule has 1 aromatic heterocycles. The molecule has 0 aliphatic carbocycles. The predicted molar refractivity (Wildman–Crippen MR) is 35.2 cm³/mol. The Morgan fingerprint density at radius 1 is 1.73 bits per heavy atom. The normalized spacial score (nSPS) is 9.18. The van der Waals surface area contributed by atoms with Crippen molar-refractivity contribution in [1.82, 2.24) is 0 Å². The highest BCUT2D eigenvalue weighted by Crippen LogP contribution is 2.00. The van der Waals surface area contributed by atoms with Crippen molar-refractivity contribution in [3.8, 4) is 0 Å². The molecule has 0 amide bonds. The van der Waals surface area contributed by atoms with Gasteiger partial charge in [-0.15, -0.1) is 0 Å². The van der Waals surface area contributed by atoms with Crippen LogP contribution in [0.3, 0.4) is 0 Å². The minimum atomic E-state index is -2.54. The summed E-state index contributed by atoms with van der Waals surface area (Å²) in [5, 5.41) is 0. The molecular weight excluding hydrogens is 166 g/mol. The Balaban J connectivity index is 2.29. The standard InChI is InChI=1S/C5H7NO4Si/c6-10-11(7)9-4-5-2-1-3-8-5/h1-3H,4,6H2. The monoisotopic (exact) mass is 173 g/mol. The van der Waals surface area contributed by atoms with Crippen molar-refractivity contribution in [3.63, 3.8) is 0 Å². The van der Waals surface area contributed by atoms with Gasteiger partial charge in [0.25, 0.3) is 0 Å². The number of hydrogen-bond acceptors (Lipinski definition) is 5. The maximum Gasteiger partial charge on any atom is 0.788 e. The van der Waals surface area contributed by atoms with E-state index in [1.807, 2.05) is 0 Å². The Morgan fingerprint density at radius 2 is 2.55 bits per heavy atom. The minimum Gasteiger partial charge on any atom is -0.488 e. The molecular formula is C5H7NO4Si. The van der Waals surface area contributed by atoms with Gasteiger partial charge in [0.05, 0.1) is 6.26 Å². The first-order valence-corrected chi connectivity index (χ1v) is 4.11. The van der Waals surface area contributed by atoms with Crippen molar-refractivity contribution in [2.45, 2.75) is 6.61 Å². The zero-order valence-corrected chi connectivity index (χ0v) is 6.65. The van der Waals surface area contributed by atoms with E-state index < -0.39 is 9.17 Å². The molecule has 6 heteroatoms. The van der Waals surface area contributed by atoms with E-state index in [0.717, 1.165) is 0 Å². The van der Waals surface area contributed by atoms with Crippen molar-refractivity contribution < 1.29 is 17.8 Å². The van der Waals surface area contributed by atoms with Crippen LogP contribution in [0.5, 0.6) is 0 Å². The van der Waals surface area contributed by atoms with Gasteiger partial charge in [0.15, 0.2) is 0 Å². The molecule has 0 saturated heterocycles. The predicted octanol–water partition coefficient (Wildman–Crippen LogP) is 0.102. The fourth-order valence-electron chi connectivity index (χ4n) is 0.559. The van der Waals surface area contributed by atoms with E-state index in [1.165, 1.54) is 6.26 Å². The smallest absolute Gasteiger partial charge is 0.488 e. The maximum absolute atomic E-state index is 10.5. The van der Waals surface area contributed by atoms with Gasteiger partial charge in [0, 0.05) is 0 Å². The molecule has 0 spiro atoms. The molecule has 60 valence electrons. The second-order valence-electron chi connectivity index (χ2n) is 1.74. The largest absolute Gasteiger partial charge is 0.788 e. The van der Waals surface area contributed by atoms with E-state index in [-0.39, 0.29) is 6.61 Å². The summed E-state index contributed by atoms with van der Waals surface area (Å²) in [4.78, 5) is 0. The van der Waals surface area contributed by atoms with E-state index in [9.17, 15) is 4.46 Å². The lowest BCUT2D eigenvalue weighted by atomic mass is 10.5. The third-order valence-corrected chi connectivity index (χ3v) is 1.58. The summed E-state index contributed by atoms with van der Waals surface area (Å²) < 4.78 is 23.9. The van der Waals surface area contributed by atoms with Crippen molar-refractivity contribution in [3.05, 3.63) is 24.2 Å². The lowest BCUT2D eigenvalue weighted by molar-refractivity contribution is 0.153. The second kappa shape index (κ2) is 3.89. The summed E-state index contributed by atoms with van der Waals surface area (Å²) in [6.45, 7) is 0.113. The van der Waals surface area contributed by atoms with Gasteiger partial charge in [0.1, 0.15) is 12.4 Å². The highest BCUT2D eigenvalue weighted by Gasteiger charge is 2.09. The molecule has 0 aromatic carbocycles. The van der Waals surface area contributed by atoms with Gasteiger partial charge in [-0.1, -0.05) is 0 Å². The Bertz CT molecular complexity index is 222. The van der Waals surface area contributed by atoms with E-state index in [2.05, 4.69) is 14.8 Å². The summed E-state index contributed by atoms with van der Waals surface area (Å²) >= 11 is 0. The molecule has 0 unspecified atom stereocenters. The zero-order chi connectivity index (χ0) is 8.10. The summed E-state index contributed by atoms with van der Waals surface area (Å²) in [6.07, 6.45) is 1.50. The number of rotatable bonds is 4. The van der Waals surface area contributed by atoms with E-state index in [4.69, 9.17) is 4.42 Å². The number of furan rings is 1. The van der Waals surface area contributed by atoms with Crippen LogP contribution in [0.15, 0.2) is 22.8 Å². The molecule has 0 bridgehead atoms.